The lowest BCUT2D eigenvalue weighted by molar-refractivity contribution is -0.116. The Hall–Kier alpha value is -3.79. The predicted molar refractivity (Wildman–Crippen MR) is 117 cm³/mol. The van der Waals surface area contributed by atoms with Gasteiger partial charge >= 0.3 is 0 Å². The number of rotatable bonds is 7. The maximum atomic E-state index is 12.0. The first-order valence-corrected chi connectivity index (χ1v) is 9.86. The standard InChI is InChI=1S/C23H25N5O2/c1-4-8-21(29)26-20-12-17(11-15(2)22(20)30)14-25-23-19(13-24)16(3)27-28(23)18-9-6-5-7-10-18/h5-7,9-12,25,30H,4,8,14H2,1-3H3,(H,26,29). The second-order valence-electron chi connectivity index (χ2n) is 7.13. The zero-order valence-corrected chi connectivity index (χ0v) is 17.4. The fourth-order valence-corrected chi connectivity index (χ4v) is 3.26. The highest BCUT2D eigenvalue weighted by Crippen LogP contribution is 2.30. The molecule has 0 spiro atoms. The van der Waals surface area contributed by atoms with Gasteiger partial charge in [0.2, 0.25) is 5.91 Å². The summed E-state index contributed by atoms with van der Waals surface area (Å²) in [4.78, 5) is 12.0. The van der Waals surface area contributed by atoms with Crippen molar-refractivity contribution in [3.8, 4) is 17.5 Å². The smallest absolute Gasteiger partial charge is 0.224 e. The van der Waals surface area contributed by atoms with Crippen molar-refractivity contribution in [1.82, 2.24) is 9.78 Å². The number of carbonyl (C=O) groups excluding carboxylic acids is 1. The van der Waals surface area contributed by atoms with Crippen molar-refractivity contribution in [3.63, 3.8) is 0 Å². The number of carbonyl (C=O) groups is 1. The number of hydrogen-bond donors (Lipinski definition) is 3. The Balaban J connectivity index is 1.90. The quantitative estimate of drug-likeness (QED) is 0.507. The third-order valence-electron chi connectivity index (χ3n) is 4.74. The number of amides is 1. The number of nitrogens with one attached hydrogen (secondary N) is 2. The summed E-state index contributed by atoms with van der Waals surface area (Å²) in [7, 11) is 0. The van der Waals surface area contributed by atoms with Crippen LogP contribution < -0.4 is 10.6 Å². The van der Waals surface area contributed by atoms with Crippen LogP contribution in [-0.4, -0.2) is 20.8 Å². The number of phenolic OH excluding ortho intramolecular Hbond substituents is 1. The van der Waals surface area contributed by atoms with Gasteiger partial charge in [0.1, 0.15) is 23.2 Å². The first kappa shape index (κ1) is 20.9. The lowest BCUT2D eigenvalue weighted by Crippen LogP contribution is -2.12. The molecule has 3 aromatic rings. The monoisotopic (exact) mass is 403 g/mol. The molecule has 0 aliphatic carbocycles. The second kappa shape index (κ2) is 9.14. The lowest BCUT2D eigenvalue weighted by atomic mass is 10.1. The van der Waals surface area contributed by atoms with Crippen LogP contribution in [0.15, 0.2) is 42.5 Å². The van der Waals surface area contributed by atoms with E-state index < -0.39 is 0 Å². The van der Waals surface area contributed by atoms with E-state index in [0.717, 1.165) is 17.7 Å². The molecule has 0 bridgehead atoms. The number of anilines is 2. The van der Waals surface area contributed by atoms with E-state index in [1.807, 2.05) is 43.3 Å². The van der Waals surface area contributed by atoms with Gasteiger partial charge < -0.3 is 15.7 Å². The molecule has 0 saturated heterocycles. The third kappa shape index (κ3) is 4.44. The number of aryl methyl sites for hydroxylation is 2. The predicted octanol–water partition coefficient (Wildman–Crippen LogP) is 4.42. The molecule has 1 aromatic heterocycles. The average molecular weight is 403 g/mol. The Morgan fingerprint density at radius 3 is 2.63 bits per heavy atom. The molecule has 0 aliphatic rings. The molecule has 1 amide bonds. The fourth-order valence-electron chi connectivity index (χ4n) is 3.26. The van der Waals surface area contributed by atoms with Gasteiger partial charge in [-0.15, -0.1) is 0 Å². The number of nitrogens with zero attached hydrogens (tertiary/aromatic N) is 3. The molecular weight excluding hydrogens is 378 g/mol. The summed E-state index contributed by atoms with van der Waals surface area (Å²) in [6.45, 7) is 5.91. The van der Waals surface area contributed by atoms with Crippen LogP contribution in [0, 0.1) is 25.2 Å². The van der Waals surface area contributed by atoms with Crippen LogP contribution in [-0.2, 0) is 11.3 Å². The topological polar surface area (TPSA) is 103 Å². The maximum absolute atomic E-state index is 12.0. The van der Waals surface area contributed by atoms with Gasteiger partial charge in [-0.05, 0) is 49.6 Å². The minimum absolute atomic E-state index is 0.0612. The highest BCUT2D eigenvalue weighted by molar-refractivity contribution is 5.92. The van der Waals surface area contributed by atoms with Gasteiger partial charge in [0, 0.05) is 13.0 Å². The molecule has 0 aliphatic heterocycles. The molecule has 1 heterocycles. The van der Waals surface area contributed by atoms with E-state index in [0.29, 0.717) is 41.3 Å². The molecule has 3 N–H and O–H groups in total. The SMILES string of the molecule is CCCC(=O)Nc1cc(CNc2c(C#N)c(C)nn2-c2ccccc2)cc(C)c1O. The van der Waals surface area contributed by atoms with Crippen molar-refractivity contribution in [2.24, 2.45) is 0 Å². The minimum atomic E-state index is -0.137. The summed E-state index contributed by atoms with van der Waals surface area (Å²) >= 11 is 0. The van der Waals surface area contributed by atoms with E-state index in [-0.39, 0.29) is 11.7 Å². The zero-order valence-electron chi connectivity index (χ0n) is 17.4. The molecule has 0 unspecified atom stereocenters. The van der Waals surface area contributed by atoms with Gasteiger partial charge in [0.05, 0.1) is 17.1 Å². The largest absolute Gasteiger partial charge is 0.505 e. The van der Waals surface area contributed by atoms with Crippen LogP contribution in [0.2, 0.25) is 0 Å². The number of benzene rings is 2. The maximum Gasteiger partial charge on any atom is 0.224 e. The summed E-state index contributed by atoms with van der Waals surface area (Å²) < 4.78 is 1.71. The molecule has 7 nitrogen and oxygen atoms in total. The summed E-state index contributed by atoms with van der Waals surface area (Å²) in [6.07, 6.45) is 1.12. The van der Waals surface area contributed by atoms with Gasteiger partial charge in [-0.3, -0.25) is 4.79 Å². The van der Waals surface area contributed by atoms with E-state index in [2.05, 4.69) is 21.8 Å². The summed E-state index contributed by atoms with van der Waals surface area (Å²) in [5.41, 5.74) is 3.87. The van der Waals surface area contributed by atoms with Crippen LogP contribution >= 0.6 is 0 Å². The summed E-state index contributed by atoms with van der Waals surface area (Å²) in [5.74, 6) is 0.524. The molecule has 30 heavy (non-hydrogen) atoms. The molecule has 0 saturated carbocycles. The number of nitriles is 1. The van der Waals surface area contributed by atoms with Gasteiger partial charge in [-0.1, -0.05) is 31.2 Å². The summed E-state index contributed by atoms with van der Waals surface area (Å²) in [5, 5.41) is 30.5. The number of hydrogen-bond acceptors (Lipinski definition) is 5. The van der Waals surface area contributed by atoms with Crippen LogP contribution in [0.25, 0.3) is 5.69 Å². The van der Waals surface area contributed by atoms with E-state index in [1.54, 1.807) is 24.6 Å². The van der Waals surface area contributed by atoms with Crippen molar-refractivity contribution >= 4 is 17.4 Å². The first-order valence-electron chi connectivity index (χ1n) is 9.86. The molecule has 0 atom stereocenters. The molecule has 7 heteroatoms. The molecule has 3 rings (SSSR count). The van der Waals surface area contributed by atoms with Crippen LogP contribution in [0.4, 0.5) is 11.5 Å². The van der Waals surface area contributed by atoms with E-state index in [9.17, 15) is 15.2 Å². The highest BCUT2D eigenvalue weighted by atomic mass is 16.3. The van der Waals surface area contributed by atoms with E-state index >= 15 is 0 Å². The fraction of sp³-hybridized carbons (Fsp3) is 0.261. The Bertz CT molecular complexity index is 1100. The van der Waals surface area contributed by atoms with E-state index in [1.165, 1.54) is 0 Å². The van der Waals surface area contributed by atoms with Gasteiger partial charge in [-0.2, -0.15) is 10.4 Å². The molecule has 0 radical (unpaired) electrons. The Kier molecular flexibility index (Phi) is 6.38. The van der Waals surface area contributed by atoms with Crippen LogP contribution in [0.3, 0.4) is 0 Å². The second-order valence-corrected chi connectivity index (χ2v) is 7.13. The molecular formula is C23H25N5O2. The number of aromatic nitrogens is 2. The zero-order chi connectivity index (χ0) is 21.7. The average Bonchev–Trinajstić information content (AvgIpc) is 3.06. The molecule has 154 valence electrons. The number of para-hydroxylation sites is 1. The van der Waals surface area contributed by atoms with Gasteiger partial charge in [-0.25, -0.2) is 4.68 Å². The molecule has 0 fully saturated rings. The highest BCUT2D eigenvalue weighted by Gasteiger charge is 2.17. The Morgan fingerprint density at radius 1 is 1.23 bits per heavy atom. The van der Waals surface area contributed by atoms with Crippen molar-refractivity contribution in [1.29, 1.82) is 5.26 Å². The molecule has 2 aromatic carbocycles. The first-order chi connectivity index (χ1) is 14.4. The van der Waals surface area contributed by atoms with Crippen molar-refractivity contribution < 1.29 is 9.90 Å². The van der Waals surface area contributed by atoms with Gasteiger partial charge in [0.25, 0.3) is 0 Å². The van der Waals surface area contributed by atoms with Crippen LogP contribution in [0.5, 0.6) is 5.75 Å². The van der Waals surface area contributed by atoms with Crippen molar-refractivity contribution in [2.75, 3.05) is 10.6 Å². The third-order valence-corrected chi connectivity index (χ3v) is 4.74. The van der Waals surface area contributed by atoms with Gasteiger partial charge in [0.15, 0.2) is 0 Å². The lowest BCUT2D eigenvalue weighted by Gasteiger charge is -2.14. The Morgan fingerprint density at radius 2 is 1.97 bits per heavy atom. The normalized spacial score (nSPS) is 10.5. The minimum Gasteiger partial charge on any atom is -0.505 e. The number of aromatic hydroxyl groups is 1. The van der Waals surface area contributed by atoms with E-state index in [4.69, 9.17) is 0 Å². The van der Waals surface area contributed by atoms with Crippen molar-refractivity contribution in [2.45, 2.75) is 40.2 Å². The Labute approximate surface area is 176 Å². The van der Waals surface area contributed by atoms with Crippen molar-refractivity contribution in [3.05, 3.63) is 64.8 Å². The number of phenols is 1. The summed E-state index contributed by atoms with van der Waals surface area (Å²) in [6, 6.07) is 15.4. The van der Waals surface area contributed by atoms with Crippen LogP contribution in [0.1, 0.15) is 42.1 Å².